The van der Waals surface area contributed by atoms with Crippen LogP contribution < -0.4 is 5.73 Å². The molecule has 10 heteroatoms. The van der Waals surface area contributed by atoms with Gasteiger partial charge in [0.05, 0.1) is 19.0 Å². The van der Waals surface area contributed by atoms with Crippen molar-refractivity contribution in [2.24, 2.45) is 11.8 Å². The number of carbonyl (C=O) groups excluding carboxylic acids is 1. The van der Waals surface area contributed by atoms with E-state index in [-0.39, 0.29) is 23.3 Å². The van der Waals surface area contributed by atoms with Crippen LogP contribution in [0.25, 0.3) is 11.2 Å². The fourth-order valence-corrected chi connectivity index (χ4v) is 5.70. The molecule has 4 atom stereocenters. The first kappa shape index (κ1) is 23.9. The molecular formula is C23H38N6O3Si. The first-order valence-corrected chi connectivity index (χ1v) is 14.7. The van der Waals surface area contributed by atoms with E-state index in [0.717, 1.165) is 12.8 Å². The third-order valence-corrected chi connectivity index (χ3v) is 12.1. The van der Waals surface area contributed by atoms with Crippen molar-refractivity contribution in [2.75, 3.05) is 12.3 Å². The summed E-state index contributed by atoms with van der Waals surface area (Å²) in [5.74, 6) is 0.978. The van der Waals surface area contributed by atoms with Gasteiger partial charge in [-0.1, -0.05) is 20.8 Å². The number of nitrogens with two attached hydrogens (primary N) is 1. The minimum Gasteiger partial charge on any atom is -0.444 e. The van der Waals surface area contributed by atoms with Gasteiger partial charge in [-0.25, -0.2) is 19.7 Å². The van der Waals surface area contributed by atoms with Crippen molar-refractivity contribution in [1.29, 1.82) is 0 Å². The monoisotopic (exact) mass is 474 g/mol. The molecule has 1 saturated heterocycles. The number of fused-ring (bicyclic) bond motifs is 2. The van der Waals surface area contributed by atoms with E-state index in [1.54, 1.807) is 6.33 Å². The summed E-state index contributed by atoms with van der Waals surface area (Å²) in [5, 5.41) is 0.0930. The quantitative estimate of drug-likeness (QED) is 0.646. The Morgan fingerprint density at radius 2 is 1.79 bits per heavy atom. The normalized spacial score (nSPS) is 25.8. The highest BCUT2D eigenvalue weighted by atomic mass is 28.4. The lowest BCUT2D eigenvalue weighted by atomic mass is 9.72. The second-order valence-electron chi connectivity index (χ2n) is 11.9. The van der Waals surface area contributed by atoms with Gasteiger partial charge in [-0.2, -0.15) is 0 Å². The van der Waals surface area contributed by atoms with Gasteiger partial charge in [0.25, 0.3) is 0 Å². The summed E-state index contributed by atoms with van der Waals surface area (Å²) in [7, 11) is -1.99. The van der Waals surface area contributed by atoms with Crippen LogP contribution in [-0.2, 0) is 9.16 Å². The number of nitrogens with zero attached hydrogens (tertiary/aromatic N) is 5. The molecule has 2 fully saturated rings. The van der Waals surface area contributed by atoms with E-state index in [9.17, 15) is 4.79 Å². The summed E-state index contributed by atoms with van der Waals surface area (Å²) in [6.45, 7) is 17.4. The van der Waals surface area contributed by atoms with Crippen LogP contribution in [-0.4, -0.2) is 57.1 Å². The first-order valence-electron chi connectivity index (χ1n) is 11.8. The lowest BCUT2D eigenvalue weighted by Gasteiger charge is -2.40. The van der Waals surface area contributed by atoms with Crippen LogP contribution in [0.2, 0.25) is 18.1 Å². The molecule has 3 heterocycles. The molecule has 0 radical (unpaired) electrons. The molecule has 0 aromatic carbocycles. The molecule has 2 N–H and O–H groups in total. The van der Waals surface area contributed by atoms with Crippen LogP contribution in [0.3, 0.4) is 0 Å². The third-order valence-electron chi connectivity index (χ3n) is 7.60. The number of carbonyl (C=O) groups is 1. The number of aromatic nitrogens is 4. The lowest BCUT2D eigenvalue weighted by molar-refractivity contribution is -0.000209. The zero-order valence-electron chi connectivity index (χ0n) is 21.1. The highest BCUT2D eigenvalue weighted by Gasteiger charge is 2.57. The van der Waals surface area contributed by atoms with Crippen LogP contribution in [0.1, 0.15) is 60.5 Å². The van der Waals surface area contributed by atoms with Gasteiger partial charge in [0.1, 0.15) is 23.6 Å². The number of ether oxygens (including phenoxy) is 1. The standard InChI is InChI=1S/C23H38N6O3Si/c1-22(2,3)32-21(30)29-16(11-31-33(7,8)23(4,5)6)14-9-10-15(14)20(29)28-13-27-17-18(24)25-12-26-19(17)28/h12-16,20H,9-11H2,1-8H3,(H2,24,25,26)/t14-,15+,16+,20+/m0/s1. The topological polar surface area (TPSA) is 108 Å². The smallest absolute Gasteiger partial charge is 0.412 e. The van der Waals surface area contributed by atoms with Gasteiger partial charge in [-0.15, -0.1) is 0 Å². The fourth-order valence-electron chi connectivity index (χ4n) is 4.68. The summed E-state index contributed by atoms with van der Waals surface area (Å²) in [4.78, 5) is 28.5. The van der Waals surface area contributed by atoms with Crippen LogP contribution in [0.15, 0.2) is 12.7 Å². The van der Waals surface area contributed by atoms with Gasteiger partial charge in [-0.3, -0.25) is 9.47 Å². The largest absolute Gasteiger partial charge is 0.444 e. The van der Waals surface area contributed by atoms with Gasteiger partial charge in [0.15, 0.2) is 19.8 Å². The molecule has 1 amide bonds. The van der Waals surface area contributed by atoms with E-state index >= 15 is 0 Å². The molecular weight excluding hydrogens is 436 g/mol. The highest BCUT2D eigenvalue weighted by Crippen LogP contribution is 2.54. The van der Waals surface area contributed by atoms with E-state index in [0.29, 0.717) is 35.4 Å². The second kappa shape index (κ2) is 7.94. The van der Waals surface area contributed by atoms with Crippen LogP contribution in [0, 0.1) is 11.8 Å². The van der Waals surface area contributed by atoms with Gasteiger partial charge in [-0.05, 0) is 57.7 Å². The Balaban J connectivity index is 1.72. The van der Waals surface area contributed by atoms with E-state index in [1.165, 1.54) is 6.33 Å². The van der Waals surface area contributed by atoms with Gasteiger partial charge in [0.2, 0.25) is 0 Å². The van der Waals surface area contributed by atoms with E-state index in [1.807, 2.05) is 30.2 Å². The molecule has 0 spiro atoms. The zero-order valence-corrected chi connectivity index (χ0v) is 22.1. The average Bonchev–Trinajstić information content (AvgIpc) is 3.15. The molecule has 9 nitrogen and oxygen atoms in total. The summed E-state index contributed by atoms with van der Waals surface area (Å²) >= 11 is 0. The van der Waals surface area contributed by atoms with Crippen molar-refractivity contribution in [2.45, 2.75) is 90.3 Å². The molecule has 2 aromatic heterocycles. The fraction of sp³-hybridized carbons (Fsp3) is 0.739. The summed E-state index contributed by atoms with van der Waals surface area (Å²) < 4.78 is 14.5. The average molecular weight is 475 g/mol. The Bertz CT molecular complexity index is 1040. The molecule has 1 aliphatic heterocycles. The summed E-state index contributed by atoms with van der Waals surface area (Å²) in [6.07, 6.45) is 4.70. The molecule has 4 rings (SSSR count). The van der Waals surface area contributed by atoms with Crippen molar-refractivity contribution < 1.29 is 14.0 Å². The molecule has 1 saturated carbocycles. The van der Waals surface area contributed by atoms with Crippen molar-refractivity contribution >= 4 is 31.4 Å². The van der Waals surface area contributed by atoms with Crippen molar-refractivity contribution in [3.05, 3.63) is 12.7 Å². The molecule has 2 aliphatic rings. The summed E-state index contributed by atoms with van der Waals surface area (Å²) in [5.41, 5.74) is 6.63. The Kier molecular flexibility index (Phi) is 5.76. The minimum atomic E-state index is -1.99. The van der Waals surface area contributed by atoms with Crippen LogP contribution in [0.5, 0.6) is 0 Å². The molecule has 0 unspecified atom stereocenters. The Morgan fingerprint density at radius 3 is 2.36 bits per heavy atom. The minimum absolute atomic E-state index is 0.0608. The van der Waals surface area contributed by atoms with Gasteiger partial charge in [0, 0.05) is 5.92 Å². The maximum atomic E-state index is 13.6. The lowest BCUT2D eigenvalue weighted by Crippen LogP contribution is -2.49. The Labute approximate surface area is 197 Å². The molecule has 33 heavy (non-hydrogen) atoms. The van der Waals surface area contributed by atoms with E-state index in [4.69, 9.17) is 14.9 Å². The van der Waals surface area contributed by atoms with Crippen molar-refractivity contribution in [1.82, 2.24) is 24.4 Å². The Hall–Kier alpha value is -2.20. The predicted octanol–water partition coefficient (Wildman–Crippen LogP) is 4.57. The SMILES string of the molecule is CC(C)(C)OC(=O)N1[C@H](CO[Si](C)(C)C(C)(C)C)[C@H]2CC[C@H]2[C@@H]1n1cnc2c(N)ncnc21. The van der Waals surface area contributed by atoms with Crippen molar-refractivity contribution in [3.8, 4) is 0 Å². The number of anilines is 1. The first-order chi connectivity index (χ1) is 15.2. The van der Waals surface area contributed by atoms with Gasteiger partial charge < -0.3 is 14.9 Å². The number of amides is 1. The molecule has 1 aliphatic carbocycles. The van der Waals surface area contributed by atoms with E-state index < -0.39 is 13.9 Å². The maximum Gasteiger partial charge on any atom is 0.412 e. The highest BCUT2D eigenvalue weighted by molar-refractivity contribution is 6.74. The molecule has 2 aromatic rings. The number of hydrogen-bond acceptors (Lipinski definition) is 7. The third kappa shape index (κ3) is 4.23. The van der Waals surface area contributed by atoms with Crippen LogP contribution >= 0.6 is 0 Å². The van der Waals surface area contributed by atoms with Gasteiger partial charge >= 0.3 is 6.09 Å². The summed E-state index contributed by atoms with van der Waals surface area (Å²) in [6, 6.07) is -0.0608. The molecule has 182 valence electrons. The Morgan fingerprint density at radius 1 is 1.12 bits per heavy atom. The second-order valence-corrected chi connectivity index (χ2v) is 16.7. The number of rotatable bonds is 4. The number of nitrogen functional groups attached to an aromatic ring is 1. The van der Waals surface area contributed by atoms with Crippen LogP contribution in [0.4, 0.5) is 10.6 Å². The zero-order chi connectivity index (χ0) is 24.3. The number of imidazole rings is 1. The number of hydrogen-bond donors (Lipinski definition) is 1. The number of likely N-dealkylation sites (tertiary alicyclic amines) is 1. The predicted molar refractivity (Wildman–Crippen MR) is 130 cm³/mol. The maximum absolute atomic E-state index is 13.6. The van der Waals surface area contributed by atoms with E-state index in [2.05, 4.69) is 48.8 Å². The molecule has 0 bridgehead atoms. The van der Waals surface area contributed by atoms with Crippen molar-refractivity contribution in [3.63, 3.8) is 0 Å².